The van der Waals surface area contributed by atoms with E-state index in [4.69, 9.17) is 19.2 Å². The summed E-state index contributed by atoms with van der Waals surface area (Å²) in [7, 11) is 1.14. The lowest BCUT2D eigenvalue weighted by Crippen LogP contribution is -2.75. The van der Waals surface area contributed by atoms with Crippen molar-refractivity contribution in [3.8, 4) is 0 Å². The zero-order chi connectivity index (χ0) is 18.6. The van der Waals surface area contributed by atoms with E-state index < -0.39 is 35.8 Å². The maximum Gasteiger partial charge on any atom is 0.409 e. The largest absolute Gasteiger partial charge is 0.409 e. The zero-order valence-corrected chi connectivity index (χ0v) is 15.6. The van der Waals surface area contributed by atoms with Gasteiger partial charge in [-0.3, -0.25) is 0 Å². The molecule has 1 spiro atoms. The average Bonchev–Trinajstić information content (AvgIpc) is 2.52. The predicted molar refractivity (Wildman–Crippen MR) is 87.1 cm³/mol. The summed E-state index contributed by atoms with van der Waals surface area (Å²) in [4.78, 5) is 11.2. The molecular formula is C17H28BF3O4. The SMILES string of the molecule is B[C@@]1(C(F)(F)F)O[C@@H]2O[C@@H](C)OO[C@@]23[C@@H](CCC)[C@H](C)CC[C@H]3[C@H]1C. The third kappa shape index (κ3) is 2.75. The molecule has 3 aliphatic rings. The second-order valence-electron chi connectivity index (χ2n) is 8.14. The molecule has 144 valence electrons. The Balaban J connectivity index is 2.07. The first-order valence-corrected chi connectivity index (χ1v) is 9.32. The molecule has 25 heavy (non-hydrogen) atoms. The molecule has 2 saturated heterocycles. The standard InChI is InChI=1S/C17H28BF3O4/c1-5-6-12-9(2)7-8-13-10(3)16(18,17(19,20)21)23-14-15(12,13)25-24-11(4)22-14/h9-14H,5-8,18H2,1-4H3/t9-,10-,11-,12+,13+,14+,15-,16-/m1/s1. The molecule has 0 N–H and O–H groups in total. The summed E-state index contributed by atoms with van der Waals surface area (Å²) in [5.41, 5.74) is -3.24. The lowest BCUT2D eigenvalue weighted by atomic mass is 9.52. The van der Waals surface area contributed by atoms with Crippen LogP contribution < -0.4 is 0 Å². The number of hydrogen-bond donors (Lipinski definition) is 0. The Labute approximate surface area is 148 Å². The monoisotopic (exact) mass is 364 g/mol. The number of halogens is 3. The van der Waals surface area contributed by atoms with Crippen LogP contribution in [0.3, 0.4) is 0 Å². The zero-order valence-electron chi connectivity index (χ0n) is 15.6. The summed E-state index contributed by atoms with van der Waals surface area (Å²) >= 11 is 0. The molecule has 2 heterocycles. The van der Waals surface area contributed by atoms with E-state index >= 15 is 0 Å². The molecule has 3 fully saturated rings. The third-order valence-electron chi connectivity index (χ3n) is 6.78. The molecule has 0 aromatic rings. The summed E-state index contributed by atoms with van der Waals surface area (Å²) in [6.07, 6.45) is -3.04. The molecule has 0 aromatic carbocycles. The first kappa shape index (κ1) is 19.5. The van der Waals surface area contributed by atoms with Crippen molar-refractivity contribution in [2.75, 3.05) is 0 Å². The Hall–Kier alpha value is -0.305. The Bertz CT molecular complexity index is 505. The molecular weight excluding hydrogens is 336 g/mol. The highest BCUT2D eigenvalue weighted by Crippen LogP contribution is 2.60. The Morgan fingerprint density at radius 1 is 1.16 bits per heavy atom. The fraction of sp³-hybridized carbons (Fsp3) is 1.00. The van der Waals surface area contributed by atoms with Gasteiger partial charge in [-0.1, -0.05) is 27.2 Å². The lowest BCUT2D eigenvalue weighted by molar-refractivity contribution is -0.559. The van der Waals surface area contributed by atoms with E-state index in [1.165, 1.54) is 0 Å². The van der Waals surface area contributed by atoms with Crippen LogP contribution in [-0.4, -0.2) is 37.7 Å². The number of rotatable bonds is 2. The molecule has 2 aliphatic heterocycles. The van der Waals surface area contributed by atoms with Gasteiger partial charge in [0.1, 0.15) is 5.50 Å². The minimum atomic E-state index is -4.48. The molecule has 4 nitrogen and oxygen atoms in total. The van der Waals surface area contributed by atoms with Crippen LogP contribution in [0.25, 0.3) is 0 Å². The van der Waals surface area contributed by atoms with Gasteiger partial charge in [-0.05, 0) is 43.9 Å². The number of ether oxygens (including phenoxy) is 2. The topological polar surface area (TPSA) is 36.9 Å². The van der Waals surface area contributed by atoms with Crippen LogP contribution >= 0.6 is 0 Å². The van der Waals surface area contributed by atoms with Gasteiger partial charge >= 0.3 is 6.18 Å². The van der Waals surface area contributed by atoms with Gasteiger partial charge in [-0.25, -0.2) is 9.78 Å². The maximum atomic E-state index is 13.9. The van der Waals surface area contributed by atoms with Gasteiger partial charge in [0.05, 0.1) is 0 Å². The van der Waals surface area contributed by atoms with Crippen LogP contribution in [0.5, 0.6) is 0 Å². The molecule has 0 bridgehead atoms. The smallest absolute Gasteiger partial charge is 0.343 e. The first-order chi connectivity index (χ1) is 11.6. The highest BCUT2D eigenvalue weighted by atomic mass is 19.4. The fourth-order valence-corrected chi connectivity index (χ4v) is 5.18. The summed E-state index contributed by atoms with van der Waals surface area (Å²) in [6.45, 7) is 7.43. The van der Waals surface area contributed by atoms with E-state index in [1.54, 1.807) is 13.8 Å². The molecule has 0 radical (unpaired) electrons. The van der Waals surface area contributed by atoms with Gasteiger partial charge in [0.25, 0.3) is 0 Å². The van der Waals surface area contributed by atoms with E-state index in [9.17, 15) is 13.2 Å². The molecule has 1 saturated carbocycles. The average molecular weight is 364 g/mol. The van der Waals surface area contributed by atoms with Crippen molar-refractivity contribution < 1.29 is 32.4 Å². The van der Waals surface area contributed by atoms with Gasteiger partial charge in [-0.15, -0.1) is 0 Å². The van der Waals surface area contributed by atoms with E-state index in [0.717, 1.165) is 27.1 Å². The summed E-state index contributed by atoms with van der Waals surface area (Å²) in [6, 6.07) is 0. The van der Waals surface area contributed by atoms with E-state index in [1.807, 2.05) is 0 Å². The Kier molecular flexibility index (Phi) is 4.97. The van der Waals surface area contributed by atoms with Gasteiger partial charge in [-0.2, -0.15) is 13.2 Å². The lowest BCUT2D eigenvalue weighted by Gasteiger charge is -2.63. The van der Waals surface area contributed by atoms with Gasteiger partial charge in [0, 0.05) is 5.92 Å². The van der Waals surface area contributed by atoms with Crippen molar-refractivity contribution in [2.24, 2.45) is 23.7 Å². The van der Waals surface area contributed by atoms with Gasteiger partial charge in [0.15, 0.2) is 26.0 Å². The summed E-state index contributed by atoms with van der Waals surface area (Å²) in [5, 5.41) is 0. The van der Waals surface area contributed by atoms with Crippen molar-refractivity contribution in [1.29, 1.82) is 0 Å². The minimum Gasteiger partial charge on any atom is -0.343 e. The Morgan fingerprint density at radius 2 is 1.84 bits per heavy atom. The predicted octanol–water partition coefficient (Wildman–Crippen LogP) is 3.40. The summed E-state index contributed by atoms with van der Waals surface area (Å²) < 4.78 is 53.0. The third-order valence-corrected chi connectivity index (χ3v) is 6.78. The Morgan fingerprint density at radius 3 is 2.44 bits per heavy atom. The first-order valence-electron chi connectivity index (χ1n) is 9.32. The van der Waals surface area contributed by atoms with Crippen molar-refractivity contribution in [1.82, 2.24) is 0 Å². The van der Waals surface area contributed by atoms with E-state index in [-0.39, 0.29) is 11.8 Å². The highest BCUT2D eigenvalue weighted by molar-refractivity contribution is 6.15. The molecule has 8 atom stereocenters. The van der Waals surface area contributed by atoms with E-state index in [0.29, 0.717) is 12.3 Å². The molecule has 8 heteroatoms. The second kappa shape index (κ2) is 6.39. The van der Waals surface area contributed by atoms with Crippen LogP contribution in [0.2, 0.25) is 0 Å². The molecule has 0 unspecified atom stereocenters. The molecule has 0 amide bonds. The fourth-order valence-electron chi connectivity index (χ4n) is 5.18. The highest BCUT2D eigenvalue weighted by Gasteiger charge is 2.72. The molecule has 3 rings (SSSR count). The van der Waals surface area contributed by atoms with Crippen LogP contribution in [0.1, 0.15) is 53.4 Å². The van der Waals surface area contributed by atoms with Crippen molar-refractivity contribution in [2.45, 2.75) is 83.2 Å². The minimum absolute atomic E-state index is 0.0361. The normalized spacial score (nSPS) is 50.8. The molecule has 1 aliphatic carbocycles. The van der Waals surface area contributed by atoms with Crippen LogP contribution in [0, 0.1) is 23.7 Å². The number of hydrogen-bond acceptors (Lipinski definition) is 4. The van der Waals surface area contributed by atoms with Gasteiger partial charge in [0.2, 0.25) is 0 Å². The number of alkyl halides is 3. The van der Waals surface area contributed by atoms with Crippen molar-refractivity contribution >= 4 is 7.85 Å². The second-order valence-corrected chi connectivity index (χ2v) is 8.14. The van der Waals surface area contributed by atoms with Gasteiger partial charge < -0.3 is 9.47 Å². The maximum absolute atomic E-state index is 13.9. The van der Waals surface area contributed by atoms with Crippen LogP contribution in [-0.2, 0) is 19.2 Å². The summed E-state index contributed by atoms with van der Waals surface area (Å²) in [5.74, 6) is -0.742. The molecule has 0 aromatic heterocycles. The van der Waals surface area contributed by atoms with E-state index in [2.05, 4.69) is 13.8 Å². The van der Waals surface area contributed by atoms with Crippen molar-refractivity contribution in [3.63, 3.8) is 0 Å². The van der Waals surface area contributed by atoms with Crippen LogP contribution in [0.4, 0.5) is 13.2 Å². The quantitative estimate of drug-likeness (QED) is 0.556. The van der Waals surface area contributed by atoms with Crippen LogP contribution in [0.15, 0.2) is 0 Å². The van der Waals surface area contributed by atoms with Crippen molar-refractivity contribution in [3.05, 3.63) is 0 Å².